The molecule has 0 atom stereocenters. The molecule has 0 aromatic carbocycles. The highest BCUT2D eigenvalue weighted by Gasteiger charge is 2.20. The lowest BCUT2D eigenvalue weighted by atomic mass is 9.94. The van der Waals surface area contributed by atoms with Gasteiger partial charge in [-0.3, -0.25) is 0 Å². The van der Waals surface area contributed by atoms with Crippen LogP contribution in [-0.2, 0) is 9.57 Å². The van der Waals surface area contributed by atoms with Crippen molar-refractivity contribution in [3.63, 3.8) is 0 Å². The zero-order valence-electron chi connectivity index (χ0n) is 12.8. The lowest BCUT2D eigenvalue weighted by Crippen LogP contribution is -2.24. The SMILES string of the molecule is CCCCCCC(CCCCCC)C1=NOCCO1. The zero-order valence-corrected chi connectivity index (χ0v) is 12.8. The van der Waals surface area contributed by atoms with Gasteiger partial charge in [-0.15, -0.1) is 0 Å². The van der Waals surface area contributed by atoms with Crippen LogP contribution in [0.15, 0.2) is 5.16 Å². The molecule has 3 heteroatoms. The van der Waals surface area contributed by atoms with Crippen molar-refractivity contribution in [2.75, 3.05) is 13.2 Å². The molecular weight excluding hydrogens is 238 g/mol. The predicted octanol–water partition coefficient (Wildman–Crippen LogP) is 4.90. The molecule has 0 aromatic rings. The molecule has 0 spiro atoms. The summed E-state index contributed by atoms with van der Waals surface area (Å²) in [6, 6.07) is 0. The Hall–Kier alpha value is -0.730. The van der Waals surface area contributed by atoms with Crippen molar-refractivity contribution in [1.29, 1.82) is 0 Å². The van der Waals surface area contributed by atoms with Gasteiger partial charge in [0.15, 0.2) is 6.61 Å². The molecule has 0 radical (unpaired) electrons. The van der Waals surface area contributed by atoms with E-state index in [1.54, 1.807) is 0 Å². The molecule has 0 amide bonds. The topological polar surface area (TPSA) is 30.8 Å². The number of ether oxygens (including phenoxy) is 1. The number of oxime groups is 1. The number of unbranched alkanes of at least 4 members (excludes halogenated alkanes) is 6. The molecule has 0 N–H and O–H groups in total. The van der Waals surface area contributed by atoms with Crippen molar-refractivity contribution < 1.29 is 9.57 Å². The summed E-state index contributed by atoms with van der Waals surface area (Å²) in [5, 5.41) is 4.12. The maximum atomic E-state index is 5.68. The molecule has 0 saturated carbocycles. The van der Waals surface area contributed by atoms with Gasteiger partial charge in [0.25, 0.3) is 0 Å². The number of hydrogen-bond donors (Lipinski definition) is 0. The maximum Gasteiger partial charge on any atom is 0.228 e. The molecular formula is C16H31NO2. The molecule has 0 saturated heterocycles. The van der Waals surface area contributed by atoms with Crippen LogP contribution in [-0.4, -0.2) is 19.1 Å². The Morgan fingerprint density at radius 3 is 2.00 bits per heavy atom. The van der Waals surface area contributed by atoms with Gasteiger partial charge in [-0.25, -0.2) is 0 Å². The van der Waals surface area contributed by atoms with Gasteiger partial charge in [0.1, 0.15) is 6.61 Å². The number of nitrogens with zero attached hydrogens (tertiary/aromatic N) is 1. The van der Waals surface area contributed by atoms with Gasteiger partial charge >= 0.3 is 0 Å². The first-order valence-electron chi connectivity index (χ1n) is 8.21. The summed E-state index contributed by atoms with van der Waals surface area (Å²) in [6.45, 7) is 5.77. The van der Waals surface area contributed by atoms with Crippen LogP contribution < -0.4 is 0 Å². The van der Waals surface area contributed by atoms with E-state index in [0.717, 1.165) is 5.90 Å². The Kier molecular flexibility index (Phi) is 9.56. The second-order valence-corrected chi connectivity index (χ2v) is 5.51. The van der Waals surface area contributed by atoms with Crippen LogP contribution in [0.1, 0.15) is 78.1 Å². The van der Waals surface area contributed by atoms with Crippen LogP contribution in [0.5, 0.6) is 0 Å². The normalized spacial score (nSPS) is 15.0. The van der Waals surface area contributed by atoms with Crippen LogP contribution in [0.25, 0.3) is 0 Å². The van der Waals surface area contributed by atoms with Crippen molar-refractivity contribution in [3.05, 3.63) is 0 Å². The van der Waals surface area contributed by atoms with E-state index in [1.165, 1.54) is 64.2 Å². The largest absolute Gasteiger partial charge is 0.475 e. The zero-order chi connectivity index (χ0) is 13.8. The summed E-state index contributed by atoms with van der Waals surface area (Å²) < 4.78 is 5.68. The Labute approximate surface area is 118 Å². The van der Waals surface area contributed by atoms with E-state index in [9.17, 15) is 0 Å². The lowest BCUT2D eigenvalue weighted by Gasteiger charge is -2.21. The van der Waals surface area contributed by atoms with E-state index >= 15 is 0 Å². The first-order valence-corrected chi connectivity index (χ1v) is 8.21. The highest BCUT2D eigenvalue weighted by atomic mass is 16.7. The van der Waals surface area contributed by atoms with Crippen molar-refractivity contribution in [3.8, 4) is 0 Å². The average Bonchev–Trinajstić information content (AvgIpc) is 2.46. The monoisotopic (exact) mass is 269 g/mol. The van der Waals surface area contributed by atoms with Gasteiger partial charge in [-0.1, -0.05) is 70.4 Å². The fraction of sp³-hybridized carbons (Fsp3) is 0.938. The molecule has 0 aliphatic carbocycles. The molecule has 1 rings (SSSR count). The van der Waals surface area contributed by atoms with Crippen molar-refractivity contribution in [2.45, 2.75) is 78.1 Å². The summed E-state index contributed by atoms with van der Waals surface area (Å²) in [6.07, 6.45) is 12.9. The highest BCUT2D eigenvalue weighted by Crippen LogP contribution is 2.21. The second-order valence-electron chi connectivity index (χ2n) is 5.51. The van der Waals surface area contributed by atoms with Gasteiger partial charge in [0.2, 0.25) is 5.90 Å². The highest BCUT2D eigenvalue weighted by molar-refractivity contribution is 5.78. The third-order valence-corrected chi connectivity index (χ3v) is 3.74. The Morgan fingerprint density at radius 1 is 0.895 bits per heavy atom. The van der Waals surface area contributed by atoms with Gasteiger partial charge in [-0.05, 0) is 12.8 Å². The standard InChI is InChI=1S/C16H31NO2/c1-3-5-7-9-11-15(12-10-8-6-4-2)16-17-19-14-13-18-16/h15H,3-14H2,1-2H3. The van der Waals surface area contributed by atoms with Crippen molar-refractivity contribution in [1.82, 2.24) is 0 Å². The maximum absolute atomic E-state index is 5.68. The summed E-state index contributed by atoms with van der Waals surface area (Å²) >= 11 is 0. The lowest BCUT2D eigenvalue weighted by molar-refractivity contribution is 0.0559. The Balaban J connectivity index is 2.31. The van der Waals surface area contributed by atoms with Gasteiger partial charge < -0.3 is 9.57 Å². The first kappa shape index (κ1) is 16.3. The molecule has 0 fully saturated rings. The average molecular weight is 269 g/mol. The quantitative estimate of drug-likeness (QED) is 0.499. The minimum atomic E-state index is 0.481. The Morgan fingerprint density at radius 2 is 1.53 bits per heavy atom. The van der Waals surface area contributed by atoms with Crippen LogP contribution in [0.4, 0.5) is 0 Å². The van der Waals surface area contributed by atoms with E-state index in [-0.39, 0.29) is 0 Å². The summed E-state index contributed by atoms with van der Waals surface area (Å²) in [5.41, 5.74) is 0. The second kappa shape index (κ2) is 11.1. The van der Waals surface area contributed by atoms with E-state index in [1.807, 2.05) is 0 Å². The minimum Gasteiger partial charge on any atom is -0.475 e. The minimum absolute atomic E-state index is 0.481. The van der Waals surface area contributed by atoms with E-state index in [4.69, 9.17) is 9.57 Å². The summed E-state index contributed by atoms with van der Waals surface area (Å²) in [7, 11) is 0. The fourth-order valence-electron chi connectivity index (χ4n) is 2.54. The van der Waals surface area contributed by atoms with Crippen LogP contribution in [0.2, 0.25) is 0 Å². The molecule has 1 aliphatic rings. The smallest absolute Gasteiger partial charge is 0.228 e. The van der Waals surface area contributed by atoms with E-state index < -0.39 is 0 Å². The van der Waals surface area contributed by atoms with Gasteiger partial charge in [0, 0.05) is 5.92 Å². The molecule has 112 valence electrons. The van der Waals surface area contributed by atoms with Gasteiger partial charge in [0.05, 0.1) is 0 Å². The van der Waals surface area contributed by atoms with Crippen LogP contribution >= 0.6 is 0 Å². The third kappa shape index (κ3) is 7.44. The Bertz CT molecular complexity index is 229. The van der Waals surface area contributed by atoms with Crippen LogP contribution in [0.3, 0.4) is 0 Å². The summed E-state index contributed by atoms with van der Waals surface area (Å²) in [5.74, 6) is 1.34. The molecule has 0 bridgehead atoms. The van der Waals surface area contributed by atoms with Crippen LogP contribution in [0, 0.1) is 5.92 Å². The van der Waals surface area contributed by atoms with E-state index in [2.05, 4.69) is 19.0 Å². The van der Waals surface area contributed by atoms with Gasteiger partial charge in [-0.2, -0.15) is 0 Å². The summed E-state index contributed by atoms with van der Waals surface area (Å²) in [4.78, 5) is 5.18. The van der Waals surface area contributed by atoms with E-state index in [0.29, 0.717) is 19.1 Å². The molecule has 19 heavy (non-hydrogen) atoms. The molecule has 0 unspecified atom stereocenters. The fourth-order valence-corrected chi connectivity index (χ4v) is 2.54. The molecule has 3 nitrogen and oxygen atoms in total. The number of rotatable bonds is 11. The van der Waals surface area contributed by atoms with Crippen molar-refractivity contribution in [2.24, 2.45) is 11.1 Å². The number of hydrogen-bond acceptors (Lipinski definition) is 3. The third-order valence-electron chi connectivity index (χ3n) is 3.74. The molecule has 1 heterocycles. The predicted molar refractivity (Wildman–Crippen MR) is 80.3 cm³/mol. The molecule has 0 aromatic heterocycles. The van der Waals surface area contributed by atoms with Crippen molar-refractivity contribution >= 4 is 5.90 Å². The molecule has 1 aliphatic heterocycles. The first-order chi connectivity index (χ1) is 9.38.